The minimum atomic E-state index is -0.527. The van der Waals surface area contributed by atoms with Crippen molar-refractivity contribution in [3.05, 3.63) is 65.7 Å². The summed E-state index contributed by atoms with van der Waals surface area (Å²) in [5.74, 6) is 0.792. The molecule has 0 fully saturated rings. The van der Waals surface area contributed by atoms with Crippen LogP contribution in [0.3, 0.4) is 0 Å². The molecule has 1 atom stereocenters. The van der Waals surface area contributed by atoms with E-state index in [-0.39, 0.29) is 12.0 Å². The SMILES string of the molecule is CC(C)(C)c1ccc(OCC(O)CNCc2ccccc2)cc1. The first-order chi connectivity index (χ1) is 10.9. The van der Waals surface area contributed by atoms with Crippen molar-refractivity contribution in [1.82, 2.24) is 5.32 Å². The highest BCUT2D eigenvalue weighted by Crippen LogP contribution is 2.24. The Morgan fingerprint density at radius 3 is 2.26 bits per heavy atom. The molecule has 1 unspecified atom stereocenters. The van der Waals surface area contributed by atoms with Gasteiger partial charge in [-0.1, -0.05) is 63.2 Å². The molecule has 0 heterocycles. The van der Waals surface area contributed by atoms with Crippen molar-refractivity contribution < 1.29 is 9.84 Å². The average molecular weight is 313 g/mol. The molecule has 3 heteroatoms. The Labute approximate surface area is 139 Å². The van der Waals surface area contributed by atoms with Gasteiger partial charge in [-0.3, -0.25) is 0 Å². The molecule has 0 spiro atoms. The van der Waals surface area contributed by atoms with Crippen LogP contribution in [0.25, 0.3) is 0 Å². The number of hydrogen-bond donors (Lipinski definition) is 2. The zero-order valence-electron chi connectivity index (χ0n) is 14.3. The number of hydrogen-bond acceptors (Lipinski definition) is 3. The summed E-state index contributed by atoms with van der Waals surface area (Å²) in [4.78, 5) is 0. The number of aliphatic hydroxyl groups is 1. The topological polar surface area (TPSA) is 41.5 Å². The molecule has 0 aliphatic carbocycles. The molecule has 0 aliphatic heterocycles. The lowest BCUT2D eigenvalue weighted by Crippen LogP contribution is -2.31. The number of aliphatic hydroxyl groups excluding tert-OH is 1. The van der Waals surface area contributed by atoms with Gasteiger partial charge in [-0.25, -0.2) is 0 Å². The highest BCUT2D eigenvalue weighted by Gasteiger charge is 2.13. The first-order valence-electron chi connectivity index (χ1n) is 8.11. The Morgan fingerprint density at radius 1 is 1.00 bits per heavy atom. The van der Waals surface area contributed by atoms with E-state index in [4.69, 9.17) is 4.74 Å². The number of benzene rings is 2. The standard InChI is InChI=1S/C20H27NO2/c1-20(2,3)17-9-11-19(12-10-17)23-15-18(22)14-21-13-16-7-5-4-6-8-16/h4-12,18,21-22H,13-15H2,1-3H3. The van der Waals surface area contributed by atoms with Crippen LogP contribution in [-0.2, 0) is 12.0 Å². The lowest BCUT2D eigenvalue weighted by Gasteiger charge is -2.19. The monoisotopic (exact) mass is 313 g/mol. The molecule has 0 bridgehead atoms. The van der Waals surface area contributed by atoms with Gasteiger partial charge in [0.25, 0.3) is 0 Å². The van der Waals surface area contributed by atoms with Crippen molar-refractivity contribution in [1.29, 1.82) is 0 Å². The summed E-state index contributed by atoms with van der Waals surface area (Å²) < 4.78 is 5.65. The minimum Gasteiger partial charge on any atom is -0.491 e. The van der Waals surface area contributed by atoms with Crippen LogP contribution in [-0.4, -0.2) is 24.4 Å². The van der Waals surface area contributed by atoms with Crippen LogP contribution in [0.1, 0.15) is 31.9 Å². The maximum absolute atomic E-state index is 9.98. The number of ether oxygens (including phenoxy) is 1. The van der Waals surface area contributed by atoms with Crippen molar-refractivity contribution in [3.8, 4) is 5.75 Å². The van der Waals surface area contributed by atoms with Gasteiger partial charge in [0, 0.05) is 13.1 Å². The molecule has 2 aromatic carbocycles. The van der Waals surface area contributed by atoms with Gasteiger partial charge < -0.3 is 15.2 Å². The maximum atomic E-state index is 9.98. The summed E-state index contributed by atoms with van der Waals surface area (Å²) in [5, 5.41) is 13.2. The van der Waals surface area contributed by atoms with Crippen LogP contribution in [0.5, 0.6) is 5.75 Å². The van der Waals surface area contributed by atoms with Gasteiger partial charge in [0.15, 0.2) is 0 Å². The van der Waals surface area contributed by atoms with E-state index in [1.807, 2.05) is 30.3 Å². The smallest absolute Gasteiger partial charge is 0.119 e. The molecule has 2 aromatic rings. The molecule has 0 aliphatic rings. The fraction of sp³-hybridized carbons (Fsp3) is 0.400. The van der Waals surface area contributed by atoms with Crippen molar-refractivity contribution in [2.75, 3.05) is 13.2 Å². The fourth-order valence-corrected chi connectivity index (χ4v) is 2.28. The lowest BCUT2D eigenvalue weighted by atomic mass is 9.87. The van der Waals surface area contributed by atoms with E-state index < -0.39 is 6.10 Å². The van der Waals surface area contributed by atoms with Gasteiger partial charge in [0.2, 0.25) is 0 Å². The third-order valence-corrected chi connectivity index (χ3v) is 3.71. The third kappa shape index (κ3) is 6.05. The second kappa shape index (κ2) is 8.14. The molecular weight excluding hydrogens is 286 g/mol. The molecule has 2 N–H and O–H groups in total. The van der Waals surface area contributed by atoms with Gasteiger partial charge in [-0.2, -0.15) is 0 Å². The van der Waals surface area contributed by atoms with Crippen LogP contribution >= 0.6 is 0 Å². The Morgan fingerprint density at radius 2 is 1.65 bits per heavy atom. The van der Waals surface area contributed by atoms with E-state index in [0.717, 1.165) is 12.3 Å². The Hall–Kier alpha value is -1.84. The van der Waals surface area contributed by atoms with Gasteiger partial charge in [-0.15, -0.1) is 0 Å². The van der Waals surface area contributed by atoms with Gasteiger partial charge >= 0.3 is 0 Å². The maximum Gasteiger partial charge on any atom is 0.119 e. The van der Waals surface area contributed by atoms with E-state index in [9.17, 15) is 5.11 Å². The largest absolute Gasteiger partial charge is 0.491 e. The predicted octanol–water partition coefficient (Wildman–Crippen LogP) is 3.51. The Kier molecular flexibility index (Phi) is 6.20. The molecule has 23 heavy (non-hydrogen) atoms. The van der Waals surface area contributed by atoms with E-state index in [1.165, 1.54) is 11.1 Å². The molecule has 0 radical (unpaired) electrons. The van der Waals surface area contributed by atoms with Crippen LogP contribution in [0.4, 0.5) is 0 Å². The molecular formula is C20H27NO2. The number of nitrogens with one attached hydrogen (secondary N) is 1. The average Bonchev–Trinajstić information content (AvgIpc) is 2.53. The minimum absolute atomic E-state index is 0.138. The lowest BCUT2D eigenvalue weighted by molar-refractivity contribution is 0.106. The predicted molar refractivity (Wildman–Crippen MR) is 94.8 cm³/mol. The second-order valence-electron chi connectivity index (χ2n) is 6.86. The van der Waals surface area contributed by atoms with Crippen LogP contribution < -0.4 is 10.1 Å². The summed E-state index contributed by atoms with van der Waals surface area (Å²) in [6, 6.07) is 18.2. The summed E-state index contributed by atoms with van der Waals surface area (Å²) in [6.07, 6.45) is -0.527. The molecule has 0 saturated carbocycles. The van der Waals surface area contributed by atoms with E-state index >= 15 is 0 Å². The first kappa shape index (κ1) is 17.5. The zero-order valence-corrected chi connectivity index (χ0v) is 14.3. The molecule has 2 rings (SSSR count). The van der Waals surface area contributed by atoms with Crippen molar-refractivity contribution in [2.45, 2.75) is 38.8 Å². The third-order valence-electron chi connectivity index (χ3n) is 3.71. The summed E-state index contributed by atoms with van der Waals surface area (Å²) in [5.41, 5.74) is 2.62. The molecule has 0 aromatic heterocycles. The van der Waals surface area contributed by atoms with Crippen LogP contribution in [0.15, 0.2) is 54.6 Å². The number of rotatable bonds is 7. The van der Waals surface area contributed by atoms with Gasteiger partial charge in [0.05, 0.1) is 0 Å². The molecule has 0 amide bonds. The van der Waals surface area contributed by atoms with E-state index in [1.54, 1.807) is 0 Å². The van der Waals surface area contributed by atoms with Crippen molar-refractivity contribution in [2.24, 2.45) is 0 Å². The van der Waals surface area contributed by atoms with Crippen LogP contribution in [0.2, 0.25) is 0 Å². The second-order valence-corrected chi connectivity index (χ2v) is 6.86. The molecule has 124 valence electrons. The van der Waals surface area contributed by atoms with Gasteiger partial charge in [0.1, 0.15) is 18.5 Å². The summed E-state index contributed by atoms with van der Waals surface area (Å²) in [7, 11) is 0. The first-order valence-corrected chi connectivity index (χ1v) is 8.11. The molecule has 3 nitrogen and oxygen atoms in total. The fourth-order valence-electron chi connectivity index (χ4n) is 2.28. The highest BCUT2D eigenvalue weighted by atomic mass is 16.5. The molecule has 0 saturated heterocycles. The highest BCUT2D eigenvalue weighted by molar-refractivity contribution is 5.31. The Bertz CT molecular complexity index is 573. The van der Waals surface area contributed by atoms with Crippen molar-refractivity contribution in [3.63, 3.8) is 0 Å². The van der Waals surface area contributed by atoms with Gasteiger partial charge in [-0.05, 0) is 28.7 Å². The van der Waals surface area contributed by atoms with Crippen LogP contribution in [0, 0.1) is 0 Å². The Balaban J connectivity index is 1.71. The normalized spacial score (nSPS) is 12.9. The quantitative estimate of drug-likeness (QED) is 0.822. The van der Waals surface area contributed by atoms with E-state index in [2.05, 4.69) is 50.4 Å². The van der Waals surface area contributed by atoms with E-state index in [0.29, 0.717) is 6.54 Å². The summed E-state index contributed by atoms with van der Waals surface area (Å²) >= 11 is 0. The van der Waals surface area contributed by atoms with Crippen molar-refractivity contribution >= 4 is 0 Å². The summed E-state index contributed by atoms with van der Waals surface area (Å²) in [6.45, 7) is 8.10. The zero-order chi connectivity index (χ0) is 16.7.